The standard InChI is InChI=1S/C9H6Cl2N4/c10-5-1-2-7(11)6(3-5)8-4-13-15-9(12)14-8/h1-4H,(H2,12,14,15). The lowest BCUT2D eigenvalue weighted by molar-refractivity contribution is 0.990. The minimum absolute atomic E-state index is 0.101. The largest absolute Gasteiger partial charge is 0.366 e. The van der Waals surface area contributed by atoms with Gasteiger partial charge in [0.2, 0.25) is 5.95 Å². The van der Waals surface area contributed by atoms with Crippen molar-refractivity contribution in [3.8, 4) is 11.3 Å². The molecule has 15 heavy (non-hydrogen) atoms. The molecular weight excluding hydrogens is 235 g/mol. The fraction of sp³-hybridized carbons (Fsp3) is 0. The Morgan fingerprint density at radius 1 is 1.20 bits per heavy atom. The van der Waals surface area contributed by atoms with Crippen LogP contribution < -0.4 is 5.73 Å². The molecule has 0 radical (unpaired) electrons. The second-order valence-corrected chi connectivity index (χ2v) is 3.67. The van der Waals surface area contributed by atoms with Gasteiger partial charge in [-0.2, -0.15) is 5.10 Å². The molecule has 0 unspecified atom stereocenters. The molecule has 1 aromatic carbocycles. The van der Waals surface area contributed by atoms with Gasteiger partial charge < -0.3 is 5.73 Å². The van der Waals surface area contributed by atoms with Crippen molar-refractivity contribution >= 4 is 29.2 Å². The highest BCUT2D eigenvalue weighted by atomic mass is 35.5. The van der Waals surface area contributed by atoms with Crippen molar-refractivity contribution in [1.29, 1.82) is 0 Å². The second-order valence-electron chi connectivity index (χ2n) is 2.82. The number of aromatic nitrogens is 3. The van der Waals surface area contributed by atoms with Gasteiger partial charge in [-0.3, -0.25) is 0 Å². The molecule has 2 rings (SSSR count). The van der Waals surface area contributed by atoms with Crippen LogP contribution in [-0.4, -0.2) is 15.2 Å². The molecule has 0 aliphatic carbocycles. The van der Waals surface area contributed by atoms with Gasteiger partial charge >= 0.3 is 0 Å². The molecule has 2 N–H and O–H groups in total. The maximum Gasteiger partial charge on any atom is 0.240 e. The Labute approximate surface area is 96.1 Å². The van der Waals surface area contributed by atoms with Gasteiger partial charge in [-0.1, -0.05) is 23.2 Å². The number of hydrogen-bond donors (Lipinski definition) is 1. The third kappa shape index (κ3) is 2.16. The van der Waals surface area contributed by atoms with Gasteiger partial charge in [0.15, 0.2) is 0 Å². The first-order valence-electron chi connectivity index (χ1n) is 4.07. The topological polar surface area (TPSA) is 64.7 Å². The van der Waals surface area contributed by atoms with Crippen LogP contribution in [0.2, 0.25) is 10.0 Å². The molecule has 2 aromatic rings. The van der Waals surface area contributed by atoms with E-state index in [2.05, 4.69) is 15.2 Å². The third-order valence-corrected chi connectivity index (χ3v) is 2.34. The predicted molar refractivity (Wildman–Crippen MR) is 59.7 cm³/mol. The first-order chi connectivity index (χ1) is 7.16. The molecule has 1 aromatic heterocycles. The number of halogens is 2. The second kappa shape index (κ2) is 4.00. The van der Waals surface area contributed by atoms with Gasteiger partial charge in [0, 0.05) is 10.6 Å². The molecule has 0 saturated heterocycles. The van der Waals surface area contributed by atoms with E-state index in [9.17, 15) is 0 Å². The summed E-state index contributed by atoms with van der Waals surface area (Å²) >= 11 is 11.8. The zero-order valence-corrected chi connectivity index (χ0v) is 9.00. The van der Waals surface area contributed by atoms with Crippen molar-refractivity contribution in [3.63, 3.8) is 0 Å². The number of nitrogens with zero attached hydrogens (tertiary/aromatic N) is 3. The lowest BCUT2D eigenvalue weighted by atomic mass is 10.2. The van der Waals surface area contributed by atoms with E-state index in [1.807, 2.05) is 0 Å². The number of benzene rings is 1. The van der Waals surface area contributed by atoms with Crippen molar-refractivity contribution < 1.29 is 0 Å². The Morgan fingerprint density at radius 3 is 2.73 bits per heavy atom. The van der Waals surface area contributed by atoms with Crippen LogP contribution in [0.1, 0.15) is 0 Å². The van der Waals surface area contributed by atoms with E-state index < -0.39 is 0 Å². The number of nitrogen functional groups attached to an aromatic ring is 1. The molecule has 0 aliphatic heterocycles. The summed E-state index contributed by atoms with van der Waals surface area (Å²) in [6.45, 7) is 0. The van der Waals surface area contributed by atoms with E-state index in [4.69, 9.17) is 28.9 Å². The van der Waals surface area contributed by atoms with E-state index in [0.717, 1.165) is 0 Å². The van der Waals surface area contributed by atoms with Crippen molar-refractivity contribution in [2.45, 2.75) is 0 Å². The fourth-order valence-corrected chi connectivity index (χ4v) is 1.53. The summed E-state index contributed by atoms with van der Waals surface area (Å²) in [7, 11) is 0. The van der Waals surface area contributed by atoms with Crippen molar-refractivity contribution in [1.82, 2.24) is 15.2 Å². The lowest BCUT2D eigenvalue weighted by Crippen LogP contribution is -1.98. The predicted octanol–water partition coefficient (Wildman–Crippen LogP) is 2.43. The first-order valence-corrected chi connectivity index (χ1v) is 4.83. The molecule has 0 saturated carbocycles. The van der Waals surface area contributed by atoms with E-state index in [0.29, 0.717) is 21.3 Å². The zero-order chi connectivity index (χ0) is 10.8. The summed E-state index contributed by atoms with van der Waals surface area (Å²) < 4.78 is 0. The number of hydrogen-bond acceptors (Lipinski definition) is 4. The van der Waals surface area contributed by atoms with Crippen LogP contribution in [0, 0.1) is 0 Å². The Bertz CT molecular complexity index is 501. The fourth-order valence-electron chi connectivity index (χ4n) is 1.14. The minimum atomic E-state index is 0.101. The summed E-state index contributed by atoms with van der Waals surface area (Å²) in [5.41, 5.74) is 6.66. The SMILES string of the molecule is Nc1nncc(-c2cc(Cl)ccc2Cl)n1. The Kier molecular flexibility index (Phi) is 2.70. The van der Waals surface area contributed by atoms with Crippen LogP contribution in [-0.2, 0) is 0 Å². The third-order valence-electron chi connectivity index (χ3n) is 1.78. The molecule has 6 heteroatoms. The Morgan fingerprint density at radius 2 is 2.00 bits per heavy atom. The van der Waals surface area contributed by atoms with E-state index in [-0.39, 0.29) is 5.95 Å². The average Bonchev–Trinajstić information content (AvgIpc) is 2.22. The van der Waals surface area contributed by atoms with Crippen LogP contribution in [0.4, 0.5) is 5.95 Å². The van der Waals surface area contributed by atoms with E-state index in [1.54, 1.807) is 18.2 Å². The molecule has 4 nitrogen and oxygen atoms in total. The molecule has 76 valence electrons. The van der Waals surface area contributed by atoms with Crippen LogP contribution in [0.25, 0.3) is 11.3 Å². The maximum atomic E-state index is 6.00. The molecule has 0 bridgehead atoms. The maximum absolute atomic E-state index is 6.00. The molecule has 0 amide bonds. The van der Waals surface area contributed by atoms with Gasteiger partial charge in [0.1, 0.15) is 0 Å². The summed E-state index contributed by atoms with van der Waals surface area (Å²) in [5, 5.41) is 8.37. The monoisotopic (exact) mass is 240 g/mol. The molecular formula is C9H6Cl2N4. The Balaban J connectivity index is 2.58. The zero-order valence-electron chi connectivity index (χ0n) is 7.48. The van der Waals surface area contributed by atoms with Gasteiger partial charge in [0.25, 0.3) is 0 Å². The first kappa shape index (κ1) is 10.1. The highest BCUT2D eigenvalue weighted by Gasteiger charge is 2.06. The number of anilines is 1. The normalized spacial score (nSPS) is 10.3. The summed E-state index contributed by atoms with van der Waals surface area (Å²) in [5.74, 6) is 0.101. The van der Waals surface area contributed by atoms with Crippen LogP contribution in [0.3, 0.4) is 0 Å². The molecule has 0 fully saturated rings. The number of nitrogens with two attached hydrogens (primary N) is 1. The Hall–Kier alpha value is -1.39. The molecule has 0 spiro atoms. The summed E-state index contributed by atoms with van der Waals surface area (Å²) in [6.07, 6.45) is 1.48. The van der Waals surface area contributed by atoms with Gasteiger partial charge in [-0.15, -0.1) is 5.10 Å². The van der Waals surface area contributed by atoms with Gasteiger partial charge in [0.05, 0.1) is 16.9 Å². The molecule has 1 heterocycles. The van der Waals surface area contributed by atoms with Crippen LogP contribution in [0.5, 0.6) is 0 Å². The van der Waals surface area contributed by atoms with Gasteiger partial charge in [-0.25, -0.2) is 4.98 Å². The van der Waals surface area contributed by atoms with Crippen molar-refractivity contribution in [3.05, 3.63) is 34.4 Å². The van der Waals surface area contributed by atoms with Gasteiger partial charge in [-0.05, 0) is 18.2 Å². The lowest BCUT2D eigenvalue weighted by Gasteiger charge is -2.03. The summed E-state index contributed by atoms with van der Waals surface area (Å²) in [6, 6.07) is 5.09. The van der Waals surface area contributed by atoms with Crippen LogP contribution in [0.15, 0.2) is 24.4 Å². The minimum Gasteiger partial charge on any atom is -0.366 e. The quantitative estimate of drug-likeness (QED) is 0.832. The average molecular weight is 241 g/mol. The highest BCUT2D eigenvalue weighted by molar-refractivity contribution is 6.35. The summed E-state index contributed by atoms with van der Waals surface area (Å²) in [4.78, 5) is 4.01. The van der Waals surface area contributed by atoms with E-state index in [1.165, 1.54) is 6.20 Å². The van der Waals surface area contributed by atoms with E-state index >= 15 is 0 Å². The van der Waals surface area contributed by atoms with Crippen molar-refractivity contribution in [2.75, 3.05) is 5.73 Å². The highest BCUT2D eigenvalue weighted by Crippen LogP contribution is 2.28. The van der Waals surface area contributed by atoms with Crippen molar-refractivity contribution in [2.24, 2.45) is 0 Å². The number of rotatable bonds is 1. The van der Waals surface area contributed by atoms with Crippen LogP contribution >= 0.6 is 23.2 Å². The smallest absolute Gasteiger partial charge is 0.240 e. The molecule has 0 aliphatic rings. The molecule has 0 atom stereocenters.